The summed E-state index contributed by atoms with van der Waals surface area (Å²) in [6.45, 7) is 4.59. The number of anilines is 1. The maximum atomic E-state index is 12.2. The molecule has 0 fully saturated rings. The van der Waals surface area contributed by atoms with Crippen LogP contribution in [0.5, 0.6) is 5.75 Å². The average molecular weight is 279 g/mol. The van der Waals surface area contributed by atoms with Crippen LogP contribution >= 0.6 is 0 Å². The summed E-state index contributed by atoms with van der Waals surface area (Å²) in [6.07, 6.45) is 1.94. The van der Waals surface area contributed by atoms with E-state index in [4.69, 9.17) is 4.74 Å². The monoisotopic (exact) mass is 279 g/mol. The van der Waals surface area contributed by atoms with Crippen LogP contribution in [0.1, 0.15) is 23.6 Å². The Hall–Kier alpha value is -2.55. The van der Waals surface area contributed by atoms with Crippen molar-refractivity contribution < 1.29 is 9.53 Å². The third-order valence-electron chi connectivity index (χ3n) is 3.57. The summed E-state index contributed by atoms with van der Waals surface area (Å²) >= 11 is 0. The molecule has 0 aliphatic carbocycles. The van der Waals surface area contributed by atoms with Gasteiger partial charge in [0.25, 0.3) is 5.91 Å². The molecule has 0 unspecified atom stereocenters. The predicted octanol–water partition coefficient (Wildman–Crippen LogP) is 3.89. The fourth-order valence-electron chi connectivity index (χ4n) is 2.48. The van der Waals surface area contributed by atoms with Gasteiger partial charge >= 0.3 is 0 Å². The van der Waals surface area contributed by atoms with Gasteiger partial charge in [-0.3, -0.25) is 4.79 Å². The first-order valence-corrected chi connectivity index (χ1v) is 7.05. The van der Waals surface area contributed by atoms with E-state index in [1.54, 1.807) is 0 Å². The van der Waals surface area contributed by atoms with Crippen molar-refractivity contribution in [1.82, 2.24) is 0 Å². The van der Waals surface area contributed by atoms with Gasteiger partial charge in [-0.25, -0.2) is 0 Å². The predicted molar refractivity (Wildman–Crippen MR) is 85.3 cm³/mol. The van der Waals surface area contributed by atoms with Gasteiger partial charge in [0.1, 0.15) is 5.75 Å². The van der Waals surface area contributed by atoms with Crippen molar-refractivity contribution in [3.05, 3.63) is 59.2 Å². The van der Waals surface area contributed by atoms with Crippen LogP contribution in [0, 0.1) is 6.92 Å². The van der Waals surface area contributed by atoms with E-state index < -0.39 is 0 Å². The minimum Gasteiger partial charge on any atom is -0.494 e. The number of hydrogen-bond donors (Lipinski definition) is 1. The van der Waals surface area contributed by atoms with E-state index in [9.17, 15) is 4.79 Å². The van der Waals surface area contributed by atoms with Crippen molar-refractivity contribution >= 4 is 23.2 Å². The molecular weight excluding hydrogens is 262 g/mol. The number of ether oxygens (including phenoxy) is 1. The normalized spacial score (nSPS) is 15.0. The summed E-state index contributed by atoms with van der Waals surface area (Å²) < 4.78 is 5.47. The van der Waals surface area contributed by atoms with Gasteiger partial charge < -0.3 is 10.1 Å². The maximum absolute atomic E-state index is 12.2. The maximum Gasteiger partial charge on any atom is 0.256 e. The van der Waals surface area contributed by atoms with E-state index in [0.29, 0.717) is 12.2 Å². The number of nitrogens with one attached hydrogen (secondary N) is 1. The number of rotatable bonds is 3. The Morgan fingerprint density at radius 2 is 2.00 bits per heavy atom. The molecule has 1 amide bonds. The van der Waals surface area contributed by atoms with Crippen LogP contribution in [0.4, 0.5) is 5.69 Å². The zero-order valence-electron chi connectivity index (χ0n) is 12.1. The number of aryl methyl sites for hydroxylation is 1. The fourth-order valence-corrected chi connectivity index (χ4v) is 2.48. The van der Waals surface area contributed by atoms with Crippen LogP contribution in [-0.4, -0.2) is 12.5 Å². The second kappa shape index (κ2) is 5.44. The lowest BCUT2D eigenvalue weighted by molar-refractivity contribution is -0.110. The van der Waals surface area contributed by atoms with Gasteiger partial charge in [-0.15, -0.1) is 0 Å². The minimum absolute atomic E-state index is 0.0677. The zero-order valence-corrected chi connectivity index (χ0v) is 12.1. The van der Waals surface area contributed by atoms with E-state index in [1.807, 2.05) is 62.4 Å². The number of fused-ring (bicyclic) bond motifs is 1. The Kier molecular flexibility index (Phi) is 3.48. The van der Waals surface area contributed by atoms with Gasteiger partial charge in [-0.05, 0) is 43.2 Å². The molecular formula is C18H17NO2. The van der Waals surface area contributed by atoms with Gasteiger partial charge in [0.05, 0.1) is 12.3 Å². The third-order valence-corrected chi connectivity index (χ3v) is 3.57. The van der Waals surface area contributed by atoms with Gasteiger partial charge in [0.2, 0.25) is 0 Å². The Morgan fingerprint density at radius 1 is 1.19 bits per heavy atom. The molecule has 3 nitrogen and oxygen atoms in total. The van der Waals surface area contributed by atoms with Crippen LogP contribution < -0.4 is 10.1 Å². The summed E-state index contributed by atoms with van der Waals surface area (Å²) in [4.78, 5) is 12.2. The van der Waals surface area contributed by atoms with E-state index in [-0.39, 0.29) is 5.91 Å². The Morgan fingerprint density at radius 3 is 2.76 bits per heavy atom. The lowest BCUT2D eigenvalue weighted by Crippen LogP contribution is -2.03. The highest BCUT2D eigenvalue weighted by atomic mass is 16.5. The molecule has 0 saturated carbocycles. The zero-order chi connectivity index (χ0) is 14.8. The molecule has 0 aromatic heterocycles. The topological polar surface area (TPSA) is 38.3 Å². The van der Waals surface area contributed by atoms with Crippen LogP contribution in [0.15, 0.2) is 42.5 Å². The Labute approximate surface area is 124 Å². The van der Waals surface area contributed by atoms with Crippen molar-refractivity contribution in [2.45, 2.75) is 13.8 Å². The summed E-state index contributed by atoms with van der Waals surface area (Å²) in [5, 5.41) is 2.90. The first kappa shape index (κ1) is 13.4. The number of carbonyl (C=O) groups excluding carboxylic acids is 1. The number of amides is 1. The van der Waals surface area contributed by atoms with Crippen molar-refractivity contribution in [3.63, 3.8) is 0 Å². The highest BCUT2D eigenvalue weighted by Crippen LogP contribution is 2.35. The highest BCUT2D eigenvalue weighted by molar-refractivity contribution is 6.35. The fraction of sp³-hybridized carbons (Fsp3) is 0.167. The van der Waals surface area contributed by atoms with E-state index >= 15 is 0 Å². The van der Waals surface area contributed by atoms with Crippen LogP contribution in [0.3, 0.4) is 0 Å². The Bertz CT molecular complexity index is 732. The summed E-state index contributed by atoms with van der Waals surface area (Å²) in [6, 6.07) is 13.7. The summed E-state index contributed by atoms with van der Waals surface area (Å²) in [5.74, 6) is 0.704. The van der Waals surface area contributed by atoms with E-state index in [1.165, 1.54) is 0 Å². The molecule has 0 spiro atoms. The van der Waals surface area contributed by atoms with Gasteiger partial charge in [0, 0.05) is 17.2 Å². The molecule has 0 radical (unpaired) electrons. The van der Waals surface area contributed by atoms with Crippen molar-refractivity contribution in [1.29, 1.82) is 0 Å². The average Bonchev–Trinajstić information content (AvgIpc) is 2.77. The van der Waals surface area contributed by atoms with E-state index in [2.05, 4.69) is 5.32 Å². The third kappa shape index (κ3) is 2.55. The molecule has 21 heavy (non-hydrogen) atoms. The van der Waals surface area contributed by atoms with Crippen LogP contribution in [-0.2, 0) is 4.79 Å². The van der Waals surface area contributed by atoms with Crippen molar-refractivity contribution in [2.75, 3.05) is 11.9 Å². The lowest BCUT2D eigenvalue weighted by Gasteiger charge is -2.05. The SMILES string of the molecule is CCOc1ccc2c(c1)NC(=O)C2=Cc1ccccc1C. The van der Waals surface area contributed by atoms with Gasteiger partial charge in [-0.1, -0.05) is 24.3 Å². The summed E-state index contributed by atoms with van der Waals surface area (Å²) in [5.41, 5.74) is 4.64. The van der Waals surface area contributed by atoms with Crippen molar-refractivity contribution in [3.8, 4) is 5.75 Å². The lowest BCUT2D eigenvalue weighted by atomic mass is 10.0. The molecule has 106 valence electrons. The molecule has 0 atom stereocenters. The number of carbonyl (C=O) groups is 1. The molecule has 2 aromatic carbocycles. The molecule has 1 N–H and O–H groups in total. The second-order valence-corrected chi connectivity index (χ2v) is 5.01. The summed E-state index contributed by atoms with van der Waals surface area (Å²) in [7, 11) is 0. The molecule has 1 aliphatic heterocycles. The number of hydrogen-bond acceptors (Lipinski definition) is 2. The second-order valence-electron chi connectivity index (χ2n) is 5.01. The van der Waals surface area contributed by atoms with Crippen LogP contribution in [0.2, 0.25) is 0 Å². The van der Waals surface area contributed by atoms with Gasteiger partial charge in [-0.2, -0.15) is 0 Å². The quantitative estimate of drug-likeness (QED) is 0.866. The first-order valence-electron chi connectivity index (χ1n) is 7.05. The standard InChI is InChI=1S/C18H17NO2/c1-3-21-14-8-9-15-16(18(20)19-17(15)11-14)10-13-7-5-4-6-12(13)2/h4-11H,3H2,1-2H3,(H,19,20). The molecule has 0 saturated heterocycles. The molecule has 2 aromatic rings. The first-order chi connectivity index (χ1) is 10.2. The highest BCUT2D eigenvalue weighted by Gasteiger charge is 2.24. The van der Waals surface area contributed by atoms with Gasteiger partial charge in [0.15, 0.2) is 0 Å². The Balaban J connectivity index is 2.03. The molecule has 1 aliphatic rings. The molecule has 0 bridgehead atoms. The number of benzene rings is 2. The molecule has 1 heterocycles. The van der Waals surface area contributed by atoms with E-state index in [0.717, 1.165) is 28.1 Å². The van der Waals surface area contributed by atoms with Crippen LogP contribution in [0.25, 0.3) is 11.6 Å². The minimum atomic E-state index is -0.0677. The smallest absolute Gasteiger partial charge is 0.256 e. The molecule has 3 heteroatoms. The molecule has 3 rings (SSSR count). The largest absolute Gasteiger partial charge is 0.494 e. The van der Waals surface area contributed by atoms with Crippen molar-refractivity contribution in [2.24, 2.45) is 0 Å².